The van der Waals surface area contributed by atoms with Crippen LogP contribution in [0.15, 0.2) is 41.3 Å². The van der Waals surface area contributed by atoms with Gasteiger partial charge in [-0.1, -0.05) is 12.2 Å². The minimum atomic E-state index is -3.65. The van der Waals surface area contributed by atoms with E-state index in [1.54, 1.807) is 12.2 Å². The molecule has 0 atom stereocenters. The lowest BCUT2D eigenvalue weighted by atomic mass is 10.3. The second-order valence-corrected chi connectivity index (χ2v) is 5.30. The molecule has 0 saturated carbocycles. The maximum atomic E-state index is 11.7. The zero-order chi connectivity index (χ0) is 13.6. The van der Waals surface area contributed by atoms with Crippen LogP contribution < -0.4 is 4.72 Å². The Bertz CT molecular complexity index is 540. The molecule has 0 fully saturated rings. The van der Waals surface area contributed by atoms with Crippen molar-refractivity contribution in [1.29, 1.82) is 0 Å². The maximum absolute atomic E-state index is 11.7. The Labute approximate surface area is 109 Å². The van der Waals surface area contributed by atoms with Gasteiger partial charge in [0.2, 0.25) is 10.0 Å². The molecular weight excluding hydrogens is 280 g/mol. The van der Waals surface area contributed by atoms with E-state index in [0.717, 1.165) is 12.1 Å². The van der Waals surface area contributed by atoms with E-state index in [2.05, 4.69) is 4.72 Å². The summed E-state index contributed by atoms with van der Waals surface area (Å²) in [6.45, 7) is 0.117. The number of halogens is 1. The molecule has 8 heteroatoms. The number of nitro groups is 1. The number of hydrogen-bond acceptors (Lipinski definition) is 4. The van der Waals surface area contributed by atoms with Crippen molar-refractivity contribution in [3.05, 3.63) is 46.5 Å². The van der Waals surface area contributed by atoms with Crippen molar-refractivity contribution in [3.63, 3.8) is 0 Å². The summed E-state index contributed by atoms with van der Waals surface area (Å²) in [5.74, 6) is 0.305. The highest BCUT2D eigenvalue weighted by Crippen LogP contribution is 2.15. The summed E-state index contributed by atoms with van der Waals surface area (Å²) in [4.78, 5) is 9.81. The Kier molecular flexibility index (Phi) is 5.26. The first-order chi connectivity index (χ1) is 8.47. The SMILES string of the molecule is O=[N+]([O-])c1ccc(S(=O)(=O)NC/C=C/CCl)cc1. The topological polar surface area (TPSA) is 89.3 Å². The lowest BCUT2D eigenvalue weighted by molar-refractivity contribution is -0.384. The van der Waals surface area contributed by atoms with Crippen molar-refractivity contribution in [2.75, 3.05) is 12.4 Å². The third kappa shape index (κ3) is 4.10. The fourth-order valence-electron chi connectivity index (χ4n) is 1.13. The van der Waals surface area contributed by atoms with Crippen molar-refractivity contribution in [2.24, 2.45) is 0 Å². The number of nitrogens with one attached hydrogen (secondary N) is 1. The van der Waals surface area contributed by atoms with Crippen LogP contribution in [0.25, 0.3) is 0 Å². The molecule has 0 amide bonds. The van der Waals surface area contributed by atoms with Crippen LogP contribution in [0.3, 0.4) is 0 Å². The van der Waals surface area contributed by atoms with Crippen LogP contribution in [0.4, 0.5) is 5.69 Å². The van der Waals surface area contributed by atoms with Gasteiger partial charge in [0.15, 0.2) is 0 Å². The largest absolute Gasteiger partial charge is 0.269 e. The van der Waals surface area contributed by atoms with E-state index >= 15 is 0 Å². The van der Waals surface area contributed by atoms with E-state index in [-0.39, 0.29) is 17.1 Å². The van der Waals surface area contributed by atoms with Crippen molar-refractivity contribution < 1.29 is 13.3 Å². The predicted octanol–water partition coefficient (Wildman–Crippen LogP) is 1.67. The average molecular weight is 291 g/mol. The van der Waals surface area contributed by atoms with E-state index in [1.807, 2.05) is 0 Å². The zero-order valence-corrected chi connectivity index (χ0v) is 10.8. The van der Waals surface area contributed by atoms with Gasteiger partial charge < -0.3 is 0 Å². The van der Waals surface area contributed by atoms with Gasteiger partial charge in [0.05, 0.1) is 9.82 Å². The van der Waals surface area contributed by atoms with Gasteiger partial charge in [-0.2, -0.15) is 0 Å². The number of allylic oxidation sites excluding steroid dienone is 1. The Hall–Kier alpha value is -1.44. The van der Waals surface area contributed by atoms with Gasteiger partial charge in [-0.3, -0.25) is 10.1 Å². The molecule has 0 saturated heterocycles. The molecule has 1 N–H and O–H groups in total. The van der Waals surface area contributed by atoms with Crippen LogP contribution in [0, 0.1) is 10.1 Å². The van der Waals surface area contributed by atoms with Gasteiger partial charge in [-0.25, -0.2) is 13.1 Å². The van der Waals surface area contributed by atoms with E-state index in [9.17, 15) is 18.5 Å². The van der Waals surface area contributed by atoms with E-state index in [0.29, 0.717) is 5.88 Å². The number of rotatable bonds is 6. The summed E-state index contributed by atoms with van der Waals surface area (Å²) in [5.41, 5.74) is -0.156. The number of hydrogen-bond donors (Lipinski definition) is 1. The molecule has 0 aliphatic heterocycles. The normalized spacial score (nSPS) is 11.8. The van der Waals surface area contributed by atoms with Gasteiger partial charge in [0.1, 0.15) is 0 Å². The lowest BCUT2D eigenvalue weighted by Crippen LogP contribution is -2.23. The fraction of sp³-hybridized carbons (Fsp3) is 0.200. The minimum absolute atomic E-state index is 0.0210. The van der Waals surface area contributed by atoms with Gasteiger partial charge in [0, 0.05) is 24.6 Å². The summed E-state index contributed by atoms with van der Waals surface area (Å²) in [5, 5.41) is 10.4. The first-order valence-electron chi connectivity index (χ1n) is 4.92. The quantitative estimate of drug-likeness (QED) is 0.373. The second kappa shape index (κ2) is 6.48. The average Bonchev–Trinajstić information content (AvgIpc) is 2.35. The maximum Gasteiger partial charge on any atom is 0.269 e. The van der Waals surface area contributed by atoms with Crippen molar-refractivity contribution >= 4 is 27.3 Å². The monoisotopic (exact) mass is 290 g/mol. The Morgan fingerprint density at radius 1 is 1.28 bits per heavy atom. The molecule has 18 heavy (non-hydrogen) atoms. The van der Waals surface area contributed by atoms with Gasteiger partial charge in [-0.05, 0) is 12.1 Å². The molecule has 1 rings (SSSR count). The highest BCUT2D eigenvalue weighted by atomic mass is 35.5. The number of nitrogens with zero attached hydrogens (tertiary/aromatic N) is 1. The van der Waals surface area contributed by atoms with Crippen LogP contribution in [-0.4, -0.2) is 25.8 Å². The molecular formula is C10H11ClN2O4S. The number of non-ortho nitro benzene ring substituents is 1. The smallest absolute Gasteiger partial charge is 0.258 e. The number of alkyl halides is 1. The molecule has 0 heterocycles. The lowest BCUT2D eigenvalue weighted by Gasteiger charge is -2.03. The van der Waals surface area contributed by atoms with Crippen LogP contribution in [0.2, 0.25) is 0 Å². The Morgan fingerprint density at radius 2 is 1.89 bits per heavy atom. The molecule has 6 nitrogen and oxygen atoms in total. The summed E-state index contributed by atoms with van der Waals surface area (Å²) < 4.78 is 25.8. The molecule has 0 aromatic heterocycles. The highest BCUT2D eigenvalue weighted by Gasteiger charge is 2.14. The molecule has 98 valence electrons. The summed E-state index contributed by atoms with van der Waals surface area (Å²) in [6, 6.07) is 4.66. The summed E-state index contributed by atoms with van der Waals surface area (Å²) >= 11 is 5.39. The number of nitro benzene ring substituents is 1. The first-order valence-corrected chi connectivity index (χ1v) is 6.94. The standard InChI is InChI=1S/C10H11ClN2O4S/c11-7-1-2-8-12-18(16,17)10-5-3-9(4-6-10)13(14)15/h1-6,12H,7-8H2/b2-1+. The number of sulfonamides is 1. The summed E-state index contributed by atoms with van der Waals surface area (Å²) in [6.07, 6.45) is 3.19. The molecule has 0 aliphatic rings. The molecule has 0 unspecified atom stereocenters. The van der Waals surface area contributed by atoms with E-state index in [4.69, 9.17) is 11.6 Å². The van der Waals surface area contributed by atoms with Crippen LogP contribution in [0.1, 0.15) is 0 Å². The number of benzene rings is 1. The molecule has 1 aromatic rings. The Morgan fingerprint density at radius 3 is 2.39 bits per heavy atom. The first kappa shape index (κ1) is 14.6. The van der Waals surface area contributed by atoms with Crippen LogP contribution in [-0.2, 0) is 10.0 Å². The molecule has 0 aliphatic carbocycles. The summed E-state index contributed by atoms with van der Waals surface area (Å²) in [7, 11) is -3.65. The highest BCUT2D eigenvalue weighted by molar-refractivity contribution is 7.89. The predicted molar refractivity (Wildman–Crippen MR) is 68.1 cm³/mol. The second-order valence-electron chi connectivity index (χ2n) is 3.23. The third-order valence-electron chi connectivity index (χ3n) is 2.00. The van der Waals surface area contributed by atoms with Crippen molar-refractivity contribution in [3.8, 4) is 0 Å². The van der Waals surface area contributed by atoms with Crippen LogP contribution >= 0.6 is 11.6 Å². The van der Waals surface area contributed by atoms with Crippen LogP contribution in [0.5, 0.6) is 0 Å². The molecule has 0 bridgehead atoms. The molecule has 0 spiro atoms. The third-order valence-corrected chi connectivity index (χ3v) is 3.62. The zero-order valence-electron chi connectivity index (χ0n) is 9.24. The van der Waals surface area contributed by atoms with Gasteiger partial charge >= 0.3 is 0 Å². The minimum Gasteiger partial charge on any atom is -0.258 e. The van der Waals surface area contributed by atoms with Gasteiger partial charge in [-0.15, -0.1) is 11.6 Å². The van der Waals surface area contributed by atoms with E-state index < -0.39 is 14.9 Å². The molecule has 1 aromatic carbocycles. The molecule has 0 radical (unpaired) electrons. The Balaban J connectivity index is 2.79. The fourth-order valence-corrected chi connectivity index (χ4v) is 2.24. The van der Waals surface area contributed by atoms with Crippen molar-refractivity contribution in [1.82, 2.24) is 4.72 Å². The van der Waals surface area contributed by atoms with Gasteiger partial charge in [0.25, 0.3) is 5.69 Å². The van der Waals surface area contributed by atoms with Crippen molar-refractivity contribution in [2.45, 2.75) is 4.90 Å². The van der Waals surface area contributed by atoms with E-state index in [1.165, 1.54) is 12.1 Å².